The number of amides is 2. The second-order valence-electron chi connectivity index (χ2n) is 7.83. The molecule has 0 aromatic heterocycles. The van der Waals surface area contributed by atoms with Gasteiger partial charge in [0, 0.05) is 33.7 Å². The van der Waals surface area contributed by atoms with E-state index in [4.69, 9.17) is 4.74 Å². The molecule has 2 aliphatic rings. The lowest BCUT2D eigenvalue weighted by molar-refractivity contribution is -0.141. The van der Waals surface area contributed by atoms with Gasteiger partial charge in [-0.25, -0.2) is 0 Å². The minimum atomic E-state index is -3.61. The summed E-state index contributed by atoms with van der Waals surface area (Å²) in [7, 11) is 0.881. The summed E-state index contributed by atoms with van der Waals surface area (Å²) in [5, 5.41) is 5.60. The first kappa shape index (κ1) is 21.5. The second-order valence-corrected chi connectivity index (χ2v) is 9.97. The predicted molar refractivity (Wildman–Crippen MR) is 107 cm³/mol. The zero-order valence-corrected chi connectivity index (χ0v) is 17.8. The first-order chi connectivity index (χ1) is 13.7. The maximum atomic E-state index is 13.2. The van der Waals surface area contributed by atoms with Crippen molar-refractivity contribution in [3.63, 3.8) is 0 Å². The Labute approximate surface area is 171 Å². The van der Waals surface area contributed by atoms with Crippen LogP contribution < -0.4 is 15.4 Å². The molecule has 1 aromatic carbocycles. The molecule has 160 valence electrons. The van der Waals surface area contributed by atoms with E-state index in [1.165, 1.54) is 18.4 Å². The Morgan fingerprint density at radius 1 is 1.38 bits per heavy atom. The molecule has 0 aliphatic carbocycles. The molecule has 2 saturated heterocycles. The number of ether oxygens (including phenoxy) is 1. The summed E-state index contributed by atoms with van der Waals surface area (Å²) >= 11 is 0. The van der Waals surface area contributed by atoms with E-state index in [-0.39, 0.29) is 24.9 Å². The van der Waals surface area contributed by atoms with Crippen molar-refractivity contribution in [3.05, 3.63) is 29.8 Å². The predicted octanol–water partition coefficient (Wildman–Crippen LogP) is -0.259. The molecule has 29 heavy (non-hydrogen) atoms. The number of piperidine rings is 1. The third kappa shape index (κ3) is 4.39. The third-order valence-corrected chi connectivity index (χ3v) is 7.33. The van der Waals surface area contributed by atoms with Crippen molar-refractivity contribution in [1.29, 1.82) is 0 Å². The SMILES string of the molecule is COc1cccc(CC2(C(=O)NC3CCCNC3=O)CN(S(=O)(=O)N(C)C)C2)c1. The molecule has 0 radical (unpaired) electrons. The van der Waals surface area contributed by atoms with E-state index in [1.807, 2.05) is 24.3 Å². The number of rotatable bonds is 7. The molecule has 10 heteroatoms. The van der Waals surface area contributed by atoms with Crippen LogP contribution in [0.5, 0.6) is 5.75 Å². The molecule has 2 fully saturated rings. The van der Waals surface area contributed by atoms with Gasteiger partial charge < -0.3 is 15.4 Å². The van der Waals surface area contributed by atoms with Gasteiger partial charge >= 0.3 is 0 Å². The molecule has 2 amide bonds. The van der Waals surface area contributed by atoms with Crippen molar-refractivity contribution < 1.29 is 22.7 Å². The van der Waals surface area contributed by atoms with Gasteiger partial charge in [-0.3, -0.25) is 9.59 Å². The van der Waals surface area contributed by atoms with Crippen LogP contribution in [0.1, 0.15) is 18.4 Å². The monoisotopic (exact) mass is 424 g/mol. The Kier molecular flexibility index (Phi) is 6.16. The lowest BCUT2D eigenvalue weighted by Gasteiger charge is -2.49. The Morgan fingerprint density at radius 3 is 2.72 bits per heavy atom. The highest BCUT2D eigenvalue weighted by Gasteiger charge is 2.54. The summed E-state index contributed by atoms with van der Waals surface area (Å²) in [6.07, 6.45) is 1.72. The van der Waals surface area contributed by atoms with Crippen LogP contribution in [0, 0.1) is 5.41 Å². The Hall–Kier alpha value is -2.17. The van der Waals surface area contributed by atoms with E-state index < -0.39 is 21.7 Å². The maximum Gasteiger partial charge on any atom is 0.281 e. The third-order valence-electron chi connectivity index (χ3n) is 5.49. The smallest absolute Gasteiger partial charge is 0.281 e. The van der Waals surface area contributed by atoms with Gasteiger partial charge in [0.05, 0.1) is 12.5 Å². The van der Waals surface area contributed by atoms with Gasteiger partial charge in [0.25, 0.3) is 10.2 Å². The highest BCUT2D eigenvalue weighted by atomic mass is 32.2. The van der Waals surface area contributed by atoms with Crippen molar-refractivity contribution in [3.8, 4) is 5.75 Å². The summed E-state index contributed by atoms with van der Waals surface area (Å²) < 4.78 is 32.6. The molecule has 2 heterocycles. The second kappa shape index (κ2) is 8.29. The first-order valence-corrected chi connectivity index (χ1v) is 11.0. The first-order valence-electron chi connectivity index (χ1n) is 9.57. The van der Waals surface area contributed by atoms with Crippen LogP contribution in [0.3, 0.4) is 0 Å². The molecule has 9 nitrogen and oxygen atoms in total. The quantitative estimate of drug-likeness (QED) is 0.627. The zero-order chi connectivity index (χ0) is 21.2. The molecular weight excluding hydrogens is 396 g/mol. The summed E-state index contributed by atoms with van der Waals surface area (Å²) in [6.45, 7) is 0.727. The zero-order valence-electron chi connectivity index (χ0n) is 17.0. The molecule has 0 spiro atoms. The topological polar surface area (TPSA) is 108 Å². The Balaban J connectivity index is 1.82. The van der Waals surface area contributed by atoms with Gasteiger partial charge in [-0.2, -0.15) is 17.0 Å². The molecule has 1 aromatic rings. The van der Waals surface area contributed by atoms with Crippen molar-refractivity contribution in [2.75, 3.05) is 40.8 Å². The number of nitrogens with one attached hydrogen (secondary N) is 2. The van der Waals surface area contributed by atoms with Crippen molar-refractivity contribution in [2.24, 2.45) is 5.41 Å². The number of carbonyl (C=O) groups is 2. The number of methoxy groups -OCH3 is 1. The molecular formula is C19H28N4O5S. The van der Waals surface area contributed by atoms with Gasteiger partial charge in [-0.15, -0.1) is 0 Å². The fraction of sp³-hybridized carbons (Fsp3) is 0.579. The number of nitrogens with zero attached hydrogens (tertiary/aromatic N) is 2. The summed E-state index contributed by atoms with van der Waals surface area (Å²) in [5.74, 6) is 0.174. The summed E-state index contributed by atoms with van der Waals surface area (Å²) in [5.41, 5.74) is -0.0674. The van der Waals surface area contributed by atoms with Crippen LogP contribution in [0.15, 0.2) is 24.3 Å². The number of hydrogen-bond acceptors (Lipinski definition) is 5. The summed E-state index contributed by atoms with van der Waals surface area (Å²) in [6, 6.07) is 6.78. The van der Waals surface area contributed by atoms with E-state index in [2.05, 4.69) is 10.6 Å². The molecule has 1 atom stereocenters. The average molecular weight is 425 g/mol. The highest BCUT2D eigenvalue weighted by Crippen LogP contribution is 2.37. The number of benzene rings is 1. The number of hydrogen-bond donors (Lipinski definition) is 2. The lowest BCUT2D eigenvalue weighted by Crippen LogP contribution is -2.68. The molecule has 0 saturated carbocycles. The van der Waals surface area contributed by atoms with E-state index in [0.717, 1.165) is 16.3 Å². The molecule has 2 aliphatic heterocycles. The van der Waals surface area contributed by atoms with Gasteiger partial charge in [0.1, 0.15) is 11.8 Å². The Morgan fingerprint density at radius 2 is 2.10 bits per heavy atom. The van der Waals surface area contributed by atoms with Crippen LogP contribution in [0.4, 0.5) is 0 Å². The maximum absolute atomic E-state index is 13.2. The fourth-order valence-electron chi connectivity index (χ4n) is 3.75. The van der Waals surface area contributed by atoms with Crippen LogP contribution in [0.2, 0.25) is 0 Å². The molecule has 3 rings (SSSR count). The molecule has 0 bridgehead atoms. The van der Waals surface area contributed by atoms with Crippen LogP contribution >= 0.6 is 0 Å². The van der Waals surface area contributed by atoms with Gasteiger partial charge in [0.2, 0.25) is 11.8 Å². The van der Waals surface area contributed by atoms with E-state index >= 15 is 0 Å². The number of carbonyl (C=O) groups excluding carboxylic acids is 2. The molecule has 2 N–H and O–H groups in total. The van der Waals surface area contributed by atoms with E-state index in [9.17, 15) is 18.0 Å². The van der Waals surface area contributed by atoms with Crippen LogP contribution in [-0.2, 0) is 26.2 Å². The van der Waals surface area contributed by atoms with Gasteiger partial charge in [-0.1, -0.05) is 12.1 Å². The van der Waals surface area contributed by atoms with Crippen molar-refractivity contribution in [1.82, 2.24) is 19.2 Å². The Bertz CT molecular complexity index is 880. The fourth-order valence-corrected chi connectivity index (χ4v) is 5.04. The van der Waals surface area contributed by atoms with E-state index in [0.29, 0.717) is 25.1 Å². The van der Waals surface area contributed by atoms with Crippen molar-refractivity contribution >= 4 is 22.0 Å². The van der Waals surface area contributed by atoms with Crippen molar-refractivity contribution in [2.45, 2.75) is 25.3 Å². The minimum Gasteiger partial charge on any atom is -0.497 e. The van der Waals surface area contributed by atoms with Crippen LogP contribution in [0.25, 0.3) is 0 Å². The standard InChI is InChI=1S/C19H28N4O5S/c1-22(2)29(26,27)23-12-19(13-23,11-14-6-4-7-15(10-14)28-3)18(25)21-16-8-5-9-20-17(16)24/h4,6-7,10,16H,5,8-9,11-13H2,1-3H3,(H,20,24)(H,21,25). The average Bonchev–Trinajstić information content (AvgIpc) is 2.66. The lowest BCUT2D eigenvalue weighted by atomic mass is 9.75. The normalized spacial score (nSPS) is 21.9. The molecule has 1 unspecified atom stereocenters. The van der Waals surface area contributed by atoms with E-state index in [1.54, 1.807) is 7.11 Å². The highest BCUT2D eigenvalue weighted by molar-refractivity contribution is 7.86. The minimum absolute atomic E-state index is 0.0604. The van der Waals surface area contributed by atoms with Gasteiger partial charge in [-0.05, 0) is 37.0 Å². The van der Waals surface area contributed by atoms with Crippen LogP contribution in [-0.4, -0.2) is 75.7 Å². The van der Waals surface area contributed by atoms with Gasteiger partial charge in [0.15, 0.2) is 0 Å². The summed E-state index contributed by atoms with van der Waals surface area (Å²) in [4.78, 5) is 25.3. The largest absolute Gasteiger partial charge is 0.497 e.